The van der Waals surface area contributed by atoms with Gasteiger partial charge < -0.3 is 10.5 Å². The van der Waals surface area contributed by atoms with Gasteiger partial charge in [0.15, 0.2) is 5.69 Å². The smallest absolute Gasteiger partial charge is 0.356 e. The maximum Gasteiger partial charge on any atom is 0.356 e. The molecule has 3 N–H and O–H groups in total. The number of ether oxygens (including phenoxy) is 1. The van der Waals surface area contributed by atoms with Crippen LogP contribution in [-0.2, 0) is 4.74 Å². The first-order valence-corrected chi connectivity index (χ1v) is 4.28. The van der Waals surface area contributed by atoms with E-state index >= 15 is 0 Å². The number of nitrogens with two attached hydrogens (primary N) is 1. The third-order valence-corrected chi connectivity index (χ3v) is 1.69. The van der Waals surface area contributed by atoms with Gasteiger partial charge in [-0.1, -0.05) is 12.2 Å². The van der Waals surface area contributed by atoms with Crippen molar-refractivity contribution in [2.75, 3.05) is 13.7 Å². The minimum atomic E-state index is -0.421. The van der Waals surface area contributed by atoms with E-state index in [-0.39, 0.29) is 0 Å². The first-order valence-electron chi connectivity index (χ1n) is 4.28. The van der Waals surface area contributed by atoms with Gasteiger partial charge in [0, 0.05) is 5.56 Å². The molecule has 5 heteroatoms. The Morgan fingerprint density at radius 3 is 3.21 bits per heavy atom. The molecule has 14 heavy (non-hydrogen) atoms. The second kappa shape index (κ2) is 5.18. The number of nitrogens with one attached hydrogen (secondary N) is 1. The summed E-state index contributed by atoms with van der Waals surface area (Å²) in [6.45, 7) is 0.585. The summed E-state index contributed by atoms with van der Waals surface area (Å²) in [5, 5.41) is 6.34. The highest BCUT2D eigenvalue weighted by molar-refractivity contribution is 5.91. The molecule has 0 saturated heterocycles. The van der Waals surface area contributed by atoms with Crippen LogP contribution in [0.15, 0.2) is 12.3 Å². The van der Waals surface area contributed by atoms with Gasteiger partial charge >= 0.3 is 5.97 Å². The lowest BCUT2D eigenvalue weighted by Gasteiger charge is -1.95. The Kier molecular flexibility index (Phi) is 3.87. The summed E-state index contributed by atoms with van der Waals surface area (Å²) in [5.41, 5.74) is 6.40. The minimum absolute atomic E-state index is 0.362. The van der Waals surface area contributed by atoms with Crippen LogP contribution in [0.25, 0.3) is 6.08 Å². The Hall–Kier alpha value is -1.62. The van der Waals surface area contributed by atoms with Gasteiger partial charge in [-0.3, -0.25) is 5.10 Å². The molecule has 0 fully saturated rings. The lowest BCUT2D eigenvalue weighted by Crippen LogP contribution is -2.03. The lowest BCUT2D eigenvalue weighted by atomic mass is 10.2. The second-order valence-electron chi connectivity index (χ2n) is 2.67. The van der Waals surface area contributed by atoms with Crippen LogP contribution in [0.5, 0.6) is 0 Å². The Balaban J connectivity index is 2.77. The van der Waals surface area contributed by atoms with Crippen molar-refractivity contribution in [3.05, 3.63) is 23.5 Å². The summed E-state index contributed by atoms with van der Waals surface area (Å²) in [7, 11) is 1.33. The molecule has 0 unspecified atom stereocenters. The van der Waals surface area contributed by atoms with Gasteiger partial charge in [-0.15, -0.1) is 0 Å². The van der Waals surface area contributed by atoms with Gasteiger partial charge in [0.1, 0.15) is 0 Å². The number of carbonyl (C=O) groups is 1. The van der Waals surface area contributed by atoms with Crippen LogP contribution in [0.1, 0.15) is 22.5 Å². The van der Waals surface area contributed by atoms with Gasteiger partial charge in [0.2, 0.25) is 0 Å². The van der Waals surface area contributed by atoms with Crippen LogP contribution in [0.3, 0.4) is 0 Å². The van der Waals surface area contributed by atoms with Crippen molar-refractivity contribution in [1.29, 1.82) is 0 Å². The molecule has 5 nitrogen and oxygen atoms in total. The van der Waals surface area contributed by atoms with E-state index < -0.39 is 5.97 Å². The quantitative estimate of drug-likeness (QED) is 0.688. The number of hydrogen-bond acceptors (Lipinski definition) is 4. The number of hydrogen-bond donors (Lipinski definition) is 2. The molecule has 0 spiro atoms. The summed E-state index contributed by atoms with van der Waals surface area (Å²) in [4.78, 5) is 11.2. The molecule has 0 aliphatic carbocycles. The second-order valence-corrected chi connectivity index (χ2v) is 2.67. The van der Waals surface area contributed by atoms with E-state index in [1.54, 1.807) is 12.3 Å². The van der Waals surface area contributed by atoms with Crippen LogP contribution in [0.2, 0.25) is 0 Å². The molecular formula is C9H13N3O2. The van der Waals surface area contributed by atoms with Crippen molar-refractivity contribution in [2.45, 2.75) is 6.42 Å². The number of carbonyl (C=O) groups excluding carboxylic acids is 1. The predicted molar refractivity (Wildman–Crippen MR) is 52.6 cm³/mol. The maximum absolute atomic E-state index is 11.2. The molecule has 0 aromatic carbocycles. The summed E-state index contributed by atoms with van der Waals surface area (Å²) in [6.07, 6.45) is 6.02. The molecular weight excluding hydrogens is 182 g/mol. The number of esters is 1. The molecule has 1 heterocycles. The number of aromatic nitrogens is 2. The van der Waals surface area contributed by atoms with Gasteiger partial charge in [0.25, 0.3) is 0 Å². The van der Waals surface area contributed by atoms with Crippen LogP contribution in [0, 0.1) is 0 Å². The van der Waals surface area contributed by atoms with E-state index in [0.29, 0.717) is 17.8 Å². The van der Waals surface area contributed by atoms with E-state index in [9.17, 15) is 4.79 Å². The van der Waals surface area contributed by atoms with Gasteiger partial charge in [-0.05, 0) is 13.0 Å². The molecule has 0 aliphatic rings. The maximum atomic E-state index is 11.2. The average Bonchev–Trinajstić information content (AvgIpc) is 2.65. The van der Waals surface area contributed by atoms with Gasteiger partial charge in [-0.25, -0.2) is 4.79 Å². The van der Waals surface area contributed by atoms with Crippen molar-refractivity contribution in [1.82, 2.24) is 10.2 Å². The Bertz CT molecular complexity index is 331. The Morgan fingerprint density at radius 1 is 1.79 bits per heavy atom. The molecule has 76 valence electrons. The zero-order chi connectivity index (χ0) is 10.4. The monoisotopic (exact) mass is 195 g/mol. The summed E-state index contributed by atoms with van der Waals surface area (Å²) >= 11 is 0. The number of methoxy groups -OCH3 is 1. The number of rotatable bonds is 4. The van der Waals surface area contributed by atoms with Crippen molar-refractivity contribution in [2.24, 2.45) is 5.73 Å². The fourth-order valence-electron chi connectivity index (χ4n) is 0.994. The normalized spacial score (nSPS) is 10.7. The molecule has 1 aromatic heterocycles. The molecule has 0 bridgehead atoms. The third-order valence-electron chi connectivity index (χ3n) is 1.69. The number of aromatic amines is 1. The number of nitrogens with zero attached hydrogens (tertiary/aromatic N) is 1. The zero-order valence-electron chi connectivity index (χ0n) is 7.99. The van der Waals surface area contributed by atoms with E-state index in [1.807, 2.05) is 6.08 Å². The molecule has 0 aliphatic heterocycles. The summed E-state index contributed by atoms with van der Waals surface area (Å²) in [5.74, 6) is -0.421. The molecule has 1 aromatic rings. The number of H-pyrrole nitrogens is 1. The van der Waals surface area contributed by atoms with Gasteiger partial charge in [-0.2, -0.15) is 5.10 Å². The van der Waals surface area contributed by atoms with E-state index in [2.05, 4.69) is 14.9 Å². The van der Waals surface area contributed by atoms with E-state index in [1.165, 1.54) is 7.11 Å². The highest BCUT2D eigenvalue weighted by Crippen LogP contribution is 2.08. The molecule has 0 amide bonds. The fraction of sp³-hybridized carbons (Fsp3) is 0.333. The van der Waals surface area contributed by atoms with Crippen molar-refractivity contribution in [3.63, 3.8) is 0 Å². The van der Waals surface area contributed by atoms with E-state index in [4.69, 9.17) is 5.73 Å². The Morgan fingerprint density at radius 2 is 2.57 bits per heavy atom. The summed E-state index contributed by atoms with van der Waals surface area (Å²) < 4.78 is 4.57. The molecule has 1 rings (SSSR count). The van der Waals surface area contributed by atoms with Crippen LogP contribution >= 0.6 is 0 Å². The average molecular weight is 195 g/mol. The third kappa shape index (κ3) is 2.43. The van der Waals surface area contributed by atoms with Crippen molar-refractivity contribution < 1.29 is 9.53 Å². The first-order chi connectivity index (χ1) is 6.79. The lowest BCUT2D eigenvalue weighted by molar-refractivity contribution is 0.0594. The van der Waals surface area contributed by atoms with E-state index in [0.717, 1.165) is 6.42 Å². The zero-order valence-corrected chi connectivity index (χ0v) is 7.99. The fourth-order valence-corrected chi connectivity index (χ4v) is 0.994. The minimum Gasteiger partial charge on any atom is -0.464 e. The Labute approximate surface area is 81.9 Å². The van der Waals surface area contributed by atoms with Crippen LogP contribution in [-0.4, -0.2) is 29.8 Å². The van der Waals surface area contributed by atoms with Crippen molar-refractivity contribution >= 4 is 12.0 Å². The molecule has 0 saturated carbocycles. The molecule has 0 radical (unpaired) electrons. The van der Waals surface area contributed by atoms with Crippen LogP contribution in [0.4, 0.5) is 0 Å². The highest BCUT2D eigenvalue weighted by Gasteiger charge is 2.11. The SMILES string of the molecule is COC(=O)c1[nH]ncc1C=CCCN. The largest absolute Gasteiger partial charge is 0.464 e. The first kappa shape index (κ1) is 10.5. The van der Waals surface area contributed by atoms with Crippen molar-refractivity contribution in [3.8, 4) is 0 Å². The molecule has 0 atom stereocenters. The van der Waals surface area contributed by atoms with Gasteiger partial charge in [0.05, 0.1) is 13.3 Å². The summed E-state index contributed by atoms with van der Waals surface area (Å²) in [6, 6.07) is 0. The standard InChI is InChI=1S/C9H13N3O2/c1-14-9(13)8-7(6-11-12-8)4-2-3-5-10/h2,4,6H,3,5,10H2,1H3,(H,11,12). The predicted octanol–water partition coefficient (Wildman–Crippen LogP) is 0.558. The topological polar surface area (TPSA) is 81.0 Å². The highest BCUT2D eigenvalue weighted by atomic mass is 16.5. The van der Waals surface area contributed by atoms with Crippen LogP contribution < -0.4 is 5.73 Å².